The lowest BCUT2D eigenvalue weighted by molar-refractivity contribution is 0.603. The maximum absolute atomic E-state index is 12.2. The second kappa shape index (κ2) is 5.95. The van der Waals surface area contributed by atoms with Crippen LogP contribution in [0.3, 0.4) is 0 Å². The van der Waals surface area contributed by atoms with Crippen LogP contribution in [0.1, 0.15) is 11.1 Å². The molecule has 0 amide bonds. The van der Waals surface area contributed by atoms with Crippen molar-refractivity contribution >= 4 is 58.9 Å². The molecule has 1 aromatic carbocycles. The summed E-state index contributed by atoms with van der Waals surface area (Å²) in [5, 5.41) is 0.747. The highest BCUT2D eigenvalue weighted by Crippen LogP contribution is 2.31. The van der Waals surface area contributed by atoms with Gasteiger partial charge in [0.25, 0.3) is 10.0 Å². The van der Waals surface area contributed by atoms with Crippen LogP contribution >= 0.6 is 43.2 Å². The van der Waals surface area contributed by atoms with Gasteiger partial charge in [-0.1, -0.05) is 28.1 Å². The third-order valence-corrected chi connectivity index (χ3v) is 7.10. The topological polar surface area (TPSA) is 46.2 Å². The van der Waals surface area contributed by atoms with E-state index in [1.807, 2.05) is 19.1 Å². The second-order valence-electron chi connectivity index (χ2n) is 3.96. The summed E-state index contributed by atoms with van der Waals surface area (Å²) in [4.78, 5) is 0. The number of alkyl halides is 1. The van der Waals surface area contributed by atoms with Crippen LogP contribution in [0.4, 0.5) is 5.69 Å². The van der Waals surface area contributed by atoms with Gasteiger partial charge in [-0.05, 0) is 52.2 Å². The van der Waals surface area contributed by atoms with Gasteiger partial charge in [0.2, 0.25) is 0 Å². The molecule has 7 heteroatoms. The van der Waals surface area contributed by atoms with E-state index in [4.69, 9.17) is 0 Å². The van der Waals surface area contributed by atoms with Crippen molar-refractivity contribution in [1.82, 2.24) is 0 Å². The zero-order valence-corrected chi connectivity index (χ0v) is 14.8. The molecule has 2 rings (SSSR count). The molecule has 3 nitrogen and oxygen atoms in total. The summed E-state index contributed by atoms with van der Waals surface area (Å²) in [6, 6.07) is 8.92. The van der Waals surface area contributed by atoms with Crippen molar-refractivity contribution in [3.05, 3.63) is 45.2 Å². The molecule has 1 heterocycles. The fourth-order valence-electron chi connectivity index (χ4n) is 1.43. The molecular formula is C12H11Br2NO2S2. The number of sulfonamides is 1. The maximum Gasteiger partial charge on any atom is 0.271 e. The summed E-state index contributed by atoms with van der Waals surface area (Å²) in [6.07, 6.45) is 0. The molecule has 0 aliphatic carbocycles. The molecule has 102 valence electrons. The Morgan fingerprint density at radius 3 is 2.37 bits per heavy atom. The van der Waals surface area contributed by atoms with Crippen LogP contribution in [0, 0.1) is 6.92 Å². The molecule has 0 atom stereocenters. The van der Waals surface area contributed by atoms with E-state index in [0.717, 1.165) is 20.2 Å². The lowest BCUT2D eigenvalue weighted by Crippen LogP contribution is -2.11. The first-order chi connectivity index (χ1) is 8.92. The predicted molar refractivity (Wildman–Crippen MR) is 86.6 cm³/mol. The highest BCUT2D eigenvalue weighted by Gasteiger charge is 2.18. The minimum absolute atomic E-state index is 0.307. The van der Waals surface area contributed by atoms with E-state index >= 15 is 0 Å². The van der Waals surface area contributed by atoms with Crippen LogP contribution in [0.15, 0.2) is 38.3 Å². The Morgan fingerprint density at radius 2 is 1.89 bits per heavy atom. The third-order valence-electron chi connectivity index (χ3n) is 2.46. The number of halogens is 2. The Kier molecular flexibility index (Phi) is 4.70. The van der Waals surface area contributed by atoms with Gasteiger partial charge in [-0.15, -0.1) is 11.3 Å². The maximum atomic E-state index is 12.2. The number of hydrogen-bond donors (Lipinski definition) is 1. The zero-order valence-electron chi connectivity index (χ0n) is 9.98. The Morgan fingerprint density at radius 1 is 1.26 bits per heavy atom. The van der Waals surface area contributed by atoms with Gasteiger partial charge >= 0.3 is 0 Å². The molecule has 19 heavy (non-hydrogen) atoms. The normalized spacial score (nSPS) is 11.5. The number of rotatable bonds is 4. The minimum Gasteiger partial charge on any atom is -0.279 e. The van der Waals surface area contributed by atoms with E-state index in [2.05, 4.69) is 36.6 Å². The van der Waals surface area contributed by atoms with Gasteiger partial charge < -0.3 is 0 Å². The molecule has 0 fully saturated rings. The molecule has 0 aliphatic heterocycles. The Balaban J connectivity index is 2.25. The average Bonchev–Trinajstić information content (AvgIpc) is 2.71. The summed E-state index contributed by atoms with van der Waals surface area (Å²) < 4.78 is 28.1. The molecule has 1 N–H and O–H groups in total. The van der Waals surface area contributed by atoms with Gasteiger partial charge in [0.15, 0.2) is 0 Å². The summed E-state index contributed by atoms with van der Waals surface area (Å²) in [5.74, 6) is 0. The molecule has 0 aliphatic rings. The van der Waals surface area contributed by atoms with Gasteiger partial charge in [-0.3, -0.25) is 4.72 Å². The number of aryl methyl sites for hydroxylation is 1. The lowest BCUT2D eigenvalue weighted by atomic mass is 10.2. The average molecular weight is 425 g/mol. The predicted octanol–water partition coefficient (Wildman–Crippen LogP) is 4.51. The van der Waals surface area contributed by atoms with Crippen molar-refractivity contribution in [3.63, 3.8) is 0 Å². The van der Waals surface area contributed by atoms with E-state index in [0.29, 0.717) is 9.90 Å². The first kappa shape index (κ1) is 15.0. The molecule has 0 spiro atoms. The smallest absolute Gasteiger partial charge is 0.271 e. The Hall–Kier alpha value is -0.370. The first-order valence-corrected chi connectivity index (χ1v) is 9.57. The molecule has 0 saturated heterocycles. The van der Waals surface area contributed by atoms with E-state index in [9.17, 15) is 8.42 Å². The van der Waals surface area contributed by atoms with Crippen LogP contribution in [0.2, 0.25) is 0 Å². The molecule has 1 aromatic heterocycles. The van der Waals surface area contributed by atoms with E-state index in [1.54, 1.807) is 18.2 Å². The van der Waals surface area contributed by atoms with E-state index in [-0.39, 0.29) is 0 Å². The van der Waals surface area contributed by atoms with Gasteiger partial charge in [0, 0.05) is 11.0 Å². The summed E-state index contributed by atoms with van der Waals surface area (Å²) in [5.41, 5.74) is 2.57. The summed E-state index contributed by atoms with van der Waals surface area (Å²) in [6.45, 7) is 1.87. The number of benzene rings is 1. The SMILES string of the molecule is Cc1cc(S(=O)(=O)Nc2ccc(CBr)cc2)sc1Br. The van der Waals surface area contributed by atoms with E-state index in [1.165, 1.54) is 11.3 Å². The van der Waals surface area contributed by atoms with Crippen molar-refractivity contribution in [2.75, 3.05) is 4.72 Å². The second-order valence-corrected chi connectivity index (χ2v) is 8.80. The van der Waals surface area contributed by atoms with Crippen LogP contribution in [0.25, 0.3) is 0 Å². The molecule has 0 bridgehead atoms. The fraction of sp³-hybridized carbons (Fsp3) is 0.167. The molecule has 2 aromatic rings. The first-order valence-electron chi connectivity index (χ1n) is 5.36. The minimum atomic E-state index is -3.51. The van der Waals surface area contributed by atoms with Crippen LogP contribution in [-0.2, 0) is 15.4 Å². The van der Waals surface area contributed by atoms with E-state index < -0.39 is 10.0 Å². The molecule has 0 saturated carbocycles. The van der Waals surface area contributed by atoms with Crippen molar-refractivity contribution in [2.24, 2.45) is 0 Å². The highest BCUT2D eigenvalue weighted by atomic mass is 79.9. The molecule has 0 unspecified atom stereocenters. The van der Waals surface area contributed by atoms with Gasteiger partial charge in [0.05, 0.1) is 3.79 Å². The standard InChI is InChI=1S/C12H11Br2NO2S2/c1-8-6-11(18-12(8)14)19(16,17)15-10-4-2-9(7-13)3-5-10/h2-6,15H,7H2,1H3. The zero-order chi connectivity index (χ0) is 14.0. The highest BCUT2D eigenvalue weighted by molar-refractivity contribution is 9.11. The van der Waals surface area contributed by atoms with Crippen molar-refractivity contribution in [3.8, 4) is 0 Å². The van der Waals surface area contributed by atoms with Crippen LogP contribution < -0.4 is 4.72 Å². The monoisotopic (exact) mass is 423 g/mol. The van der Waals surface area contributed by atoms with Gasteiger partial charge in [0.1, 0.15) is 4.21 Å². The van der Waals surface area contributed by atoms with Gasteiger partial charge in [-0.2, -0.15) is 0 Å². The van der Waals surface area contributed by atoms with Gasteiger partial charge in [-0.25, -0.2) is 8.42 Å². The Labute approximate surface area is 133 Å². The summed E-state index contributed by atoms with van der Waals surface area (Å²) in [7, 11) is -3.51. The lowest BCUT2D eigenvalue weighted by Gasteiger charge is -2.06. The fourth-order valence-corrected chi connectivity index (χ4v) is 5.09. The van der Waals surface area contributed by atoms with Crippen LogP contribution in [0.5, 0.6) is 0 Å². The van der Waals surface area contributed by atoms with Crippen molar-refractivity contribution in [2.45, 2.75) is 16.5 Å². The quantitative estimate of drug-likeness (QED) is 0.733. The summed E-state index contributed by atoms with van der Waals surface area (Å²) >= 11 is 7.89. The number of hydrogen-bond acceptors (Lipinski definition) is 3. The molecular weight excluding hydrogens is 414 g/mol. The number of thiophene rings is 1. The van der Waals surface area contributed by atoms with Crippen LogP contribution in [-0.4, -0.2) is 8.42 Å². The Bertz CT molecular complexity index is 659. The number of nitrogens with one attached hydrogen (secondary N) is 1. The molecule has 0 radical (unpaired) electrons. The van der Waals surface area contributed by atoms with Crippen molar-refractivity contribution in [1.29, 1.82) is 0 Å². The number of anilines is 1. The largest absolute Gasteiger partial charge is 0.279 e. The van der Waals surface area contributed by atoms with Crippen molar-refractivity contribution < 1.29 is 8.42 Å². The third kappa shape index (κ3) is 3.59.